The third kappa shape index (κ3) is 3.91. The van der Waals surface area contributed by atoms with Crippen molar-refractivity contribution in [2.75, 3.05) is 13.1 Å². The normalized spacial score (nSPS) is 11.0. The van der Waals surface area contributed by atoms with Crippen LogP contribution < -0.4 is 0 Å². The third-order valence-corrected chi connectivity index (χ3v) is 5.42. The summed E-state index contributed by atoms with van der Waals surface area (Å²) < 4.78 is -0.160. The highest BCUT2D eigenvalue weighted by molar-refractivity contribution is 9.24. The standard InChI is InChI=1S/C15H15Br2ClN2OS/c1-3-20(4-2)15(21)12-11(13(16)17)19-14(22-12)9-5-7-10(18)8-6-9/h5-8,13H,3-4H2,1-2H3. The average molecular weight is 467 g/mol. The zero-order chi connectivity index (χ0) is 16.3. The number of thiazole rings is 1. The van der Waals surface area contributed by atoms with Gasteiger partial charge in [-0.05, 0) is 26.0 Å². The van der Waals surface area contributed by atoms with Crippen LogP contribution in [0, 0.1) is 0 Å². The number of amides is 1. The number of hydrogen-bond acceptors (Lipinski definition) is 3. The van der Waals surface area contributed by atoms with Crippen molar-refractivity contribution >= 4 is 60.7 Å². The Morgan fingerprint density at radius 1 is 1.27 bits per heavy atom. The first-order valence-electron chi connectivity index (χ1n) is 6.82. The molecule has 1 aromatic heterocycles. The van der Waals surface area contributed by atoms with Gasteiger partial charge >= 0.3 is 0 Å². The largest absolute Gasteiger partial charge is 0.338 e. The van der Waals surface area contributed by atoms with Crippen LogP contribution in [0.3, 0.4) is 0 Å². The number of halogens is 3. The van der Waals surface area contributed by atoms with Gasteiger partial charge in [-0.25, -0.2) is 4.98 Å². The van der Waals surface area contributed by atoms with Gasteiger partial charge in [0.25, 0.3) is 5.91 Å². The number of aromatic nitrogens is 1. The van der Waals surface area contributed by atoms with Crippen molar-refractivity contribution in [1.82, 2.24) is 9.88 Å². The van der Waals surface area contributed by atoms with Crippen molar-refractivity contribution in [3.05, 3.63) is 39.9 Å². The fourth-order valence-corrected chi connectivity index (χ4v) is 4.17. The van der Waals surface area contributed by atoms with Crippen molar-refractivity contribution in [3.63, 3.8) is 0 Å². The number of nitrogens with zero attached hydrogens (tertiary/aromatic N) is 2. The Morgan fingerprint density at radius 3 is 2.36 bits per heavy atom. The summed E-state index contributed by atoms with van der Waals surface area (Å²) in [6, 6.07) is 7.47. The van der Waals surface area contributed by atoms with Crippen molar-refractivity contribution in [1.29, 1.82) is 0 Å². The van der Waals surface area contributed by atoms with E-state index >= 15 is 0 Å². The molecule has 118 valence electrons. The summed E-state index contributed by atoms with van der Waals surface area (Å²) in [6.45, 7) is 5.31. The Morgan fingerprint density at radius 2 is 1.86 bits per heavy atom. The van der Waals surface area contributed by atoms with Gasteiger partial charge in [0.2, 0.25) is 0 Å². The molecule has 0 saturated carbocycles. The van der Waals surface area contributed by atoms with E-state index in [1.165, 1.54) is 11.3 Å². The first kappa shape index (κ1) is 17.9. The third-order valence-electron chi connectivity index (χ3n) is 3.20. The Hall–Kier alpha value is -0.430. The lowest BCUT2D eigenvalue weighted by Gasteiger charge is -2.18. The molecule has 2 rings (SSSR count). The van der Waals surface area contributed by atoms with Gasteiger partial charge in [0, 0.05) is 23.7 Å². The van der Waals surface area contributed by atoms with E-state index in [4.69, 9.17) is 11.6 Å². The molecule has 0 N–H and O–H groups in total. The number of benzene rings is 1. The van der Waals surface area contributed by atoms with E-state index in [0.29, 0.717) is 28.7 Å². The molecule has 1 heterocycles. The summed E-state index contributed by atoms with van der Waals surface area (Å²) in [4.78, 5) is 19.7. The zero-order valence-corrected chi connectivity index (χ0v) is 16.9. The fourth-order valence-electron chi connectivity index (χ4n) is 2.00. The van der Waals surface area contributed by atoms with E-state index in [9.17, 15) is 4.79 Å². The molecule has 0 spiro atoms. The zero-order valence-electron chi connectivity index (χ0n) is 12.1. The van der Waals surface area contributed by atoms with Gasteiger partial charge in [0.1, 0.15) is 13.6 Å². The maximum Gasteiger partial charge on any atom is 0.265 e. The minimum atomic E-state index is -0.160. The Labute approximate surface area is 155 Å². The van der Waals surface area contributed by atoms with Gasteiger partial charge in [-0.3, -0.25) is 4.79 Å². The van der Waals surface area contributed by atoms with Gasteiger partial charge in [-0.1, -0.05) is 55.6 Å². The minimum Gasteiger partial charge on any atom is -0.338 e. The predicted octanol–water partition coefficient (Wildman–Crippen LogP) is 5.73. The molecule has 1 amide bonds. The van der Waals surface area contributed by atoms with Crippen molar-refractivity contribution < 1.29 is 4.79 Å². The highest BCUT2D eigenvalue weighted by atomic mass is 79.9. The topological polar surface area (TPSA) is 33.2 Å². The molecule has 1 aromatic carbocycles. The van der Waals surface area contributed by atoms with E-state index in [1.807, 2.05) is 38.1 Å². The highest BCUT2D eigenvalue weighted by Crippen LogP contribution is 2.38. The summed E-state index contributed by atoms with van der Waals surface area (Å²) in [7, 11) is 0. The maximum absolute atomic E-state index is 12.7. The Balaban J connectivity index is 2.46. The number of rotatable bonds is 5. The second-order valence-electron chi connectivity index (χ2n) is 4.52. The SMILES string of the molecule is CCN(CC)C(=O)c1sc(-c2ccc(Cl)cc2)nc1C(Br)Br. The molecule has 22 heavy (non-hydrogen) atoms. The molecule has 0 aliphatic heterocycles. The van der Waals surface area contributed by atoms with Gasteiger partial charge < -0.3 is 4.90 Å². The van der Waals surface area contributed by atoms with Gasteiger partial charge in [-0.2, -0.15) is 0 Å². The maximum atomic E-state index is 12.7. The van der Waals surface area contributed by atoms with Gasteiger partial charge in [0.05, 0.1) is 5.69 Å². The van der Waals surface area contributed by atoms with Crippen LogP contribution in [0.2, 0.25) is 5.02 Å². The van der Waals surface area contributed by atoms with Crippen molar-refractivity contribution in [3.8, 4) is 10.6 Å². The Kier molecular flexibility index (Phi) is 6.44. The predicted molar refractivity (Wildman–Crippen MR) is 100 cm³/mol. The van der Waals surface area contributed by atoms with Crippen molar-refractivity contribution in [2.24, 2.45) is 0 Å². The van der Waals surface area contributed by atoms with Gasteiger partial charge in [0.15, 0.2) is 0 Å². The summed E-state index contributed by atoms with van der Waals surface area (Å²) in [5.41, 5.74) is 1.67. The van der Waals surface area contributed by atoms with Crippen LogP contribution in [0.25, 0.3) is 10.6 Å². The summed E-state index contributed by atoms with van der Waals surface area (Å²) in [5, 5.41) is 1.49. The number of alkyl halides is 2. The first-order valence-corrected chi connectivity index (χ1v) is 9.84. The lowest BCUT2D eigenvalue weighted by molar-refractivity contribution is 0.0777. The summed E-state index contributed by atoms with van der Waals surface area (Å²) in [6.07, 6.45) is 0. The van der Waals surface area contributed by atoms with E-state index < -0.39 is 0 Å². The van der Waals surface area contributed by atoms with Crippen LogP contribution in [-0.4, -0.2) is 28.9 Å². The molecule has 0 atom stereocenters. The minimum absolute atomic E-state index is 0.0154. The molecular weight excluding hydrogens is 452 g/mol. The smallest absolute Gasteiger partial charge is 0.265 e. The highest BCUT2D eigenvalue weighted by Gasteiger charge is 2.25. The molecule has 0 unspecified atom stereocenters. The molecule has 2 aromatic rings. The molecule has 0 aliphatic carbocycles. The summed E-state index contributed by atoms with van der Waals surface area (Å²) >= 11 is 14.3. The first-order chi connectivity index (χ1) is 10.5. The monoisotopic (exact) mass is 464 g/mol. The molecule has 0 saturated heterocycles. The van der Waals surface area contributed by atoms with Crippen molar-refractivity contribution in [2.45, 2.75) is 17.6 Å². The molecule has 0 aliphatic rings. The van der Waals surface area contributed by atoms with Crippen LogP contribution in [0.5, 0.6) is 0 Å². The van der Waals surface area contributed by atoms with Gasteiger partial charge in [-0.15, -0.1) is 11.3 Å². The quantitative estimate of drug-likeness (QED) is 0.527. The molecule has 3 nitrogen and oxygen atoms in total. The van der Waals surface area contributed by atoms with E-state index in [2.05, 4.69) is 36.8 Å². The molecule has 7 heteroatoms. The average Bonchev–Trinajstić information content (AvgIpc) is 2.94. The van der Waals surface area contributed by atoms with Crippen LogP contribution in [-0.2, 0) is 0 Å². The molecule has 0 fully saturated rings. The number of carbonyl (C=O) groups excluding carboxylic acids is 1. The number of carbonyl (C=O) groups is 1. The number of hydrogen-bond donors (Lipinski definition) is 0. The fraction of sp³-hybridized carbons (Fsp3) is 0.333. The van der Waals surface area contributed by atoms with Crippen LogP contribution in [0.15, 0.2) is 24.3 Å². The summed E-state index contributed by atoms with van der Waals surface area (Å²) in [5.74, 6) is 0.0154. The molecular formula is C15H15Br2ClN2OS. The van der Waals surface area contributed by atoms with E-state index in [-0.39, 0.29) is 9.64 Å². The lowest BCUT2D eigenvalue weighted by atomic mass is 10.2. The second-order valence-corrected chi connectivity index (χ2v) is 9.01. The molecule has 0 radical (unpaired) electrons. The van der Waals surface area contributed by atoms with E-state index in [0.717, 1.165) is 10.6 Å². The molecule has 0 bridgehead atoms. The van der Waals surface area contributed by atoms with Crippen LogP contribution >= 0.6 is 54.8 Å². The second kappa shape index (κ2) is 7.90. The van der Waals surface area contributed by atoms with Crippen LogP contribution in [0.4, 0.5) is 0 Å². The Bertz CT molecular complexity index is 654. The lowest BCUT2D eigenvalue weighted by Crippen LogP contribution is -2.30. The van der Waals surface area contributed by atoms with Crippen LogP contribution in [0.1, 0.15) is 32.9 Å². The van der Waals surface area contributed by atoms with E-state index in [1.54, 1.807) is 4.90 Å².